The highest BCUT2D eigenvalue weighted by atomic mass is 16.6. The van der Waals surface area contributed by atoms with Crippen molar-refractivity contribution in [3.05, 3.63) is 72.9 Å². The minimum atomic E-state index is -0.890. The second kappa shape index (κ2) is 36.7. The average molecular weight is 757 g/mol. The van der Waals surface area contributed by atoms with Gasteiger partial charge in [0.05, 0.1) is 34.4 Å². The zero-order chi connectivity index (χ0) is 40.0. The van der Waals surface area contributed by atoms with Crippen molar-refractivity contribution in [1.82, 2.24) is 0 Å². The van der Waals surface area contributed by atoms with Crippen molar-refractivity contribution in [1.29, 1.82) is 0 Å². The van der Waals surface area contributed by atoms with Crippen LogP contribution in [0, 0.1) is 0 Å². The molecule has 2 atom stereocenters. The van der Waals surface area contributed by atoms with E-state index < -0.39 is 24.1 Å². The van der Waals surface area contributed by atoms with E-state index >= 15 is 0 Å². The summed E-state index contributed by atoms with van der Waals surface area (Å²) in [6.07, 6.45) is 45.3. The summed E-state index contributed by atoms with van der Waals surface area (Å²) < 4.78 is 17.1. The number of unbranched alkanes of at least 4 members (excludes halogenated alkanes) is 10. The second-order valence-corrected chi connectivity index (χ2v) is 14.9. The number of carbonyl (C=O) groups is 3. The third kappa shape index (κ3) is 34.5. The lowest BCUT2D eigenvalue weighted by atomic mass is 10.1. The zero-order valence-electron chi connectivity index (χ0n) is 34.9. The molecule has 0 spiro atoms. The molecule has 308 valence electrons. The number of likely N-dealkylation sites (N-methyl/N-ethyl adjacent to an activating group) is 1. The Balaban J connectivity index is 4.47. The van der Waals surface area contributed by atoms with E-state index in [2.05, 4.69) is 74.6 Å². The maximum absolute atomic E-state index is 12.6. The van der Waals surface area contributed by atoms with Crippen LogP contribution in [-0.4, -0.2) is 80.6 Å². The standard InChI is InChI=1S/C46H77NO7/c1-6-8-10-12-14-16-18-20-21-22-23-25-26-28-30-32-34-36-44(48)53-41-42(40-52-39-38-43(46(50)51)47(3,4)5)54-45(49)37-35-33-31-29-27-24-19-17-15-13-11-9-7-2/h9,11,14-17,20-21,24,27,31,33,42-43H,6-8,10,12-13,18-19,22-23,25-26,28-30,32,34-41H2,1-5H3/p+1/b11-9-,16-14-,17-15-,21-20-,27-24-,33-31-. The first-order valence-electron chi connectivity index (χ1n) is 21.0. The van der Waals surface area contributed by atoms with Crippen molar-refractivity contribution in [2.45, 2.75) is 161 Å². The highest BCUT2D eigenvalue weighted by Gasteiger charge is 2.31. The van der Waals surface area contributed by atoms with Crippen LogP contribution in [0.2, 0.25) is 0 Å². The van der Waals surface area contributed by atoms with E-state index in [1.165, 1.54) is 51.4 Å². The van der Waals surface area contributed by atoms with Gasteiger partial charge in [-0.15, -0.1) is 0 Å². The van der Waals surface area contributed by atoms with E-state index in [1.807, 2.05) is 33.3 Å². The summed E-state index contributed by atoms with van der Waals surface area (Å²) in [4.78, 5) is 36.9. The summed E-state index contributed by atoms with van der Waals surface area (Å²) >= 11 is 0. The topological polar surface area (TPSA) is 99.1 Å². The quantitative estimate of drug-likeness (QED) is 0.0294. The Kier molecular flexibility index (Phi) is 34.5. The SMILES string of the molecule is CC/C=C\C/C=C\C/C=C\C/C=C\CCC(=O)OC(COCCC(C(=O)O)[N+](C)(C)C)COC(=O)CCCCCCCCC/C=C\C/C=C\CCCCC. The molecular weight excluding hydrogens is 679 g/mol. The van der Waals surface area contributed by atoms with Crippen LogP contribution in [0.3, 0.4) is 0 Å². The first kappa shape index (κ1) is 50.8. The molecule has 2 unspecified atom stereocenters. The van der Waals surface area contributed by atoms with Crippen molar-refractivity contribution in [3.63, 3.8) is 0 Å². The van der Waals surface area contributed by atoms with E-state index in [9.17, 15) is 19.5 Å². The lowest BCUT2D eigenvalue weighted by Crippen LogP contribution is -2.50. The number of esters is 2. The minimum Gasteiger partial charge on any atom is -0.477 e. The van der Waals surface area contributed by atoms with E-state index in [0.29, 0.717) is 19.3 Å². The summed E-state index contributed by atoms with van der Waals surface area (Å²) in [7, 11) is 5.49. The van der Waals surface area contributed by atoms with Crippen LogP contribution in [0.1, 0.15) is 149 Å². The van der Waals surface area contributed by atoms with Gasteiger partial charge in [-0.2, -0.15) is 0 Å². The highest BCUT2D eigenvalue weighted by Crippen LogP contribution is 2.12. The number of nitrogens with zero attached hydrogens (tertiary/aromatic N) is 1. The maximum atomic E-state index is 12.6. The Morgan fingerprint density at radius 3 is 1.61 bits per heavy atom. The van der Waals surface area contributed by atoms with Gasteiger partial charge in [-0.1, -0.05) is 132 Å². The molecule has 54 heavy (non-hydrogen) atoms. The molecule has 0 aliphatic carbocycles. The summed E-state index contributed by atoms with van der Waals surface area (Å²) in [5, 5.41) is 9.60. The molecule has 0 heterocycles. The molecule has 0 amide bonds. The first-order chi connectivity index (χ1) is 26.1. The van der Waals surface area contributed by atoms with Gasteiger partial charge in [0.2, 0.25) is 0 Å². The normalized spacial score (nSPS) is 13.7. The van der Waals surface area contributed by atoms with E-state index in [1.54, 1.807) is 0 Å². The minimum absolute atomic E-state index is 0.0262. The number of ether oxygens (including phenoxy) is 3. The molecule has 0 fully saturated rings. The number of hydrogen-bond donors (Lipinski definition) is 1. The number of rotatable bonds is 36. The van der Waals surface area contributed by atoms with Gasteiger partial charge < -0.3 is 23.8 Å². The Hall–Kier alpha value is -3.23. The van der Waals surface area contributed by atoms with Crippen molar-refractivity contribution in [2.24, 2.45) is 0 Å². The number of carboxylic acids is 1. The lowest BCUT2D eigenvalue weighted by molar-refractivity contribution is -0.887. The van der Waals surface area contributed by atoms with Gasteiger partial charge in [0.1, 0.15) is 6.61 Å². The van der Waals surface area contributed by atoms with Crippen LogP contribution in [0.4, 0.5) is 0 Å². The molecule has 0 bridgehead atoms. The number of quaternary nitrogens is 1. The molecule has 0 aliphatic heterocycles. The van der Waals surface area contributed by atoms with Crippen molar-refractivity contribution < 1.29 is 38.2 Å². The predicted octanol–water partition coefficient (Wildman–Crippen LogP) is 11.2. The van der Waals surface area contributed by atoms with Gasteiger partial charge in [0.15, 0.2) is 12.1 Å². The van der Waals surface area contributed by atoms with Crippen LogP contribution < -0.4 is 0 Å². The molecule has 0 aromatic rings. The second-order valence-electron chi connectivity index (χ2n) is 14.9. The smallest absolute Gasteiger partial charge is 0.362 e. The van der Waals surface area contributed by atoms with Gasteiger partial charge in [-0.3, -0.25) is 9.59 Å². The molecule has 1 N–H and O–H groups in total. The molecule has 0 rings (SSSR count). The highest BCUT2D eigenvalue weighted by molar-refractivity contribution is 5.72. The third-order valence-electron chi connectivity index (χ3n) is 8.85. The molecule has 0 saturated carbocycles. The Morgan fingerprint density at radius 1 is 0.574 bits per heavy atom. The number of carbonyl (C=O) groups excluding carboxylic acids is 2. The van der Waals surface area contributed by atoms with Crippen LogP contribution >= 0.6 is 0 Å². The van der Waals surface area contributed by atoms with E-state index in [-0.39, 0.29) is 36.7 Å². The number of carboxylic acid groups (broad SMARTS) is 1. The van der Waals surface area contributed by atoms with Crippen LogP contribution in [0.15, 0.2) is 72.9 Å². The lowest BCUT2D eigenvalue weighted by Gasteiger charge is -2.31. The fourth-order valence-electron chi connectivity index (χ4n) is 5.60. The monoisotopic (exact) mass is 757 g/mol. The van der Waals surface area contributed by atoms with Crippen molar-refractivity contribution in [3.8, 4) is 0 Å². The van der Waals surface area contributed by atoms with Gasteiger partial charge in [0, 0.05) is 19.3 Å². The zero-order valence-corrected chi connectivity index (χ0v) is 34.9. The van der Waals surface area contributed by atoms with Gasteiger partial charge in [-0.05, 0) is 70.6 Å². The molecule has 8 nitrogen and oxygen atoms in total. The summed E-state index contributed by atoms with van der Waals surface area (Å²) in [5.41, 5.74) is 0. The molecule has 0 radical (unpaired) electrons. The first-order valence-corrected chi connectivity index (χ1v) is 21.0. The average Bonchev–Trinajstić information content (AvgIpc) is 3.12. The van der Waals surface area contributed by atoms with Crippen LogP contribution in [0.25, 0.3) is 0 Å². The van der Waals surface area contributed by atoms with Crippen LogP contribution in [-0.2, 0) is 28.6 Å². The Labute approximate surface area is 330 Å². The Morgan fingerprint density at radius 2 is 1.07 bits per heavy atom. The van der Waals surface area contributed by atoms with Crippen molar-refractivity contribution >= 4 is 17.9 Å². The van der Waals surface area contributed by atoms with Crippen LogP contribution in [0.5, 0.6) is 0 Å². The fraction of sp³-hybridized carbons (Fsp3) is 0.674. The summed E-state index contributed by atoms with van der Waals surface area (Å²) in [6.45, 7) is 4.49. The predicted molar refractivity (Wildman–Crippen MR) is 224 cm³/mol. The molecule has 0 aromatic carbocycles. The van der Waals surface area contributed by atoms with E-state index in [0.717, 1.165) is 57.8 Å². The third-order valence-corrected chi connectivity index (χ3v) is 8.85. The Bertz CT molecular complexity index is 1110. The number of aliphatic carboxylic acids is 1. The number of hydrogen-bond acceptors (Lipinski definition) is 6. The molecule has 0 aliphatic rings. The molecular formula is C46H78NO7+. The van der Waals surface area contributed by atoms with Gasteiger partial charge >= 0.3 is 17.9 Å². The maximum Gasteiger partial charge on any atom is 0.362 e. The van der Waals surface area contributed by atoms with Crippen molar-refractivity contribution in [2.75, 3.05) is 41.0 Å². The summed E-state index contributed by atoms with van der Waals surface area (Å²) in [5.74, 6) is -1.59. The van der Waals surface area contributed by atoms with Gasteiger partial charge in [0.25, 0.3) is 0 Å². The molecule has 0 saturated heterocycles. The molecule has 0 aromatic heterocycles. The largest absolute Gasteiger partial charge is 0.477 e. The molecule has 8 heteroatoms. The number of allylic oxidation sites excluding steroid dienone is 12. The fourth-order valence-corrected chi connectivity index (χ4v) is 5.60. The van der Waals surface area contributed by atoms with E-state index in [4.69, 9.17) is 14.2 Å². The van der Waals surface area contributed by atoms with Gasteiger partial charge in [-0.25, -0.2) is 4.79 Å². The summed E-state index contributed by atoms with van der Waals surface area (Å²) in [6, 6.07) is -0.630.